The molecule has 0 unspecified atom stereocenters. The molecular weight excluding hydrogens is 310 g/mol. The van der Waals surface area contributed by atoms with Crippen LogP contribution in [0.1, 0.15) is 39.2 Å². The molecule has 1 N–H and O–H groups in total. The van der Waals surface area contributed by atoms with Gasteiger partial charge in [-0.2, -0.15) is 0 Å². The van der Waals surface area contributed by atoms with E-state index in [1.807, 2.05) is 30.3 Å². The molecule has 6 heteroatoms. The molecule has 1 saturated heterocycles. The minimum atomic E-state index is -1.07. The van der Waals surface area contributed by atoms with E-state index in [4.69, 9.17) is 9.47 Å². The Morgan fingerprint density at radius 3 is 2.50 bits per heavy atom. The van der Waals surface area contributed by atoms with Gasteiger partial charge in [0.2, 0.25) is 0 Å². The van der Waals surface area contributed by atoms with Gasteiger partial charge in [-0.1, -0.05) is 30.3 Å². The van der Waals surface area contributed by atoms with Crippen molar-refractivity contribution in [2.75, 3.05) is 6.54 Å². The van der Waals surface area contributed by atoms with Gasteiger partial charge in [0.05, 0.1) is 12.7 Å². The highest BCUT2D eigenvalue weighted by Gasteiger charge is 2.41. The van der Waals surface area contributed by atoms with Gasteiger partial charge >= 0.3 is 12.1 Å². The third-order valence-corrected chi connectivity index (χ3v) is 3.76. The first kappa shape index (κ1) is 18.3. The van der Waals surface area contributed by atoms with Gasteiger partial charge in [-0.05, 0) is 39.2 Å². The van der Waals surface area contributed by atoms with Crippen LogP contribution in [0.25, 0.3) is 0 Å². The van der Waals surface area contributed by atoms with E-state index in [0.717, 1.165) is 5.56 Å². The summed E-state index contributed by atoms with van der Waals surface area (Å²) in [5.41, 5.74) is 0.300. The predicted octanol–water partition coefficient (Wildman–Crippen LogP) is 3.06. The number of ether oxygens (including phenoxy) is 2. The number of hydrogen-bond acceptors (Lipinski definition) is 4. The highest BCUT2D eigenvalue weighted by atomic mass is 16.6. The van der Waals surface area contributed by atoms with Crippen LogP contribution < -0.4 is 0 Å². The number of aliphatic carboxylic acids is 1. The molecular formula is C18H25NO5. The van der Waals surface area contributed by atoms with Gasteiger partial charge in [0.25, 0.3) is 0 Å². The molecule has 0 bridgehead atoms. The minimum absolute atomic E-state index is 0.317. The van der Waals surface area contributed by atoms with Crippen molar-refractivity contribution >= 4 is 12.1 Å². The summed E-state index contributed by atoms with van der Waals surface area (Å²) in [6.45, 7) is 5.95. The molecule has 1 aliphatic heterocycles. The number of piperidine rings is 1. The summed E-state index contributed by atoms with van der Waals surface area (Å²) in [5, 5.41) is 9.59. The molecule has 1 heterocycles. The first-order valence-corrected chi connectivity index (χ1v) is 8.16. The third kappa shape index (κ3) is 4.96. The van der Waals surface area contributed by atoms with Crippen molar-refractivity contribution in [2.45, 2.75) is 58.0 Å². The number of amides is 1. The Labute approximate surface area is 142 Å². The fraction of sp³-hybridized carbons (Fsp3) is 0.556. The van der Waals surface area contributed by atoms with Crippen LogP contribution in [-0.4, -0.2) is 46.4 Å². The van der Waals surface area contributed by atoms with Crippen molar-refractivity contribution < 1.29 is 24.2 Å². The van der Waals surface area contributed by atoms with Crippen LogP contribution in [0.2, 0.25) is 0 Å². The molecule has 0 radical (unpaired) electrons. The summed E-state index contributed by atoms with van der Waals surface area (Å²) in [7, 11) is 0. The smallest absolute Gasteiger partial charge is 0.411 e. The van der Waals surface area contributed by atoms with E-state index < -0.39 is 29.8 Å². The molecule has 0 aliphatic carbocycles. The number of carboxylic acids is 1. The molecule has 2 rings (SSSR count). The average Bonchev–Trinajstić information content (AvgIpc) is 2.51. The fourth-order valence-corrected chi connectivity index (χ4v) is 2.73. The van der Waals surface area contributed by atoms with E-state index in [1.54, 1.807) is 20.8 Å². The van der Waals surface area contributed by atoms with Gasteiger partial charge in [0, 0.05) is 6.54 Å². The second kappa shape index (κ2) is 7.66. The van der Waals surface area contributed by atoms with E-state index in [-0.39, 0.29) is 0 Å². The molecule has 6 nitrogen and oxygen atoms in total. The Kier molecular flexibility index (Phi) is 5.83. The Morgan fingerprint density at radius 2 is 1.92 bits per heavy atom. The van der Waals surface area contributed by atoms with Gasteiger partial charge < -0.3 is 14.6 Å². The summed E-state index contributed by atoms with van der Waals surface area (Å²) in [5.74, 6) is -1.07. The predicted molar refractivity (Wildman–Crippen MR) is 88.6 cm³/mol. The van der Waals surface area contributed by atoms with Crippen LogP contribution in [0.3, 0.4) is 0 Å². The average molecular weight is 335 g/mol. The molecule has 0 spiro atoms. The summed E-state index contributed by atoms with van der Waals surface area (Å²) < 4.78 is 11.2. The van der Waals surface area contributed by atoms with E-state index in [2.05, 4.69) is 0 Å². The fourth-order valence-electron chi connectivity index (χ4n) is 2.73. The van der Waals surface area contributed by atoms with Crippen molar-refractivity contribution in [3.05, 3.63) is 35.9 Å². The first-order chi connectivity index (χ1) is 11.3. The van der Waals surface area contributed by atoms with Gasteiger partial charge in [0.15, 0.2) is 6.04 Å². The third-order valence-electron chi connectivity index (χ3n) is 3.76. The van der Waals surface area contributed by atoms with Gasteiger partial charge in [0.1, 0.15) is 5.60 Å². The number of likely N-dealkylation sites (tertiary alicyclic amines) is 1. The van der Waals surface area contributed by atoms with Crippen LogP contribution in [0.5, 0.6) is 0 Å². The standard InChI is InChI=1S/C18H25NO5/c1-18(2,3)24-17(22)19-11-7-10-14(15(19)16(20)21)23-12-13-8-5-4-6-9-13/h4-6,8-9,14-15H,7,10-12H2,1-3H3,(H,20,21)/t14-,15+/m0/s1. The van der Waals surface area contributed by atoms with Crippen molar-refractivity contribution in [3.8, 4) is 0 Å². The maximum Gasteiger partial charge on any atom is 0.411 e. The number of nitrogens with zero attached hydrogens (tertiary/aromatic N) is 1. The first-order valence-electron chi connectivity index (χ1n) is 8.16. The van der Waals surface area contributed by atoms with Crippen molar-refractivity contribution in [3.63, 3.8) is 0 Å². The molecule has 1 aromatic rings. The van der Waals surface area contributed by atoms with Gasteiger partial charge in [-0.25, -0.2) is 9.59 Å². The van der Waals surface area contributed by atoms with Crippen LogP contribution in [0.4, 0.5) is 4.79 Å². The minimum Gasteiger partial charge on any atom is -0.480 e. The Morgan fingerprint density at radius 1 is 1.25 bits per heavy atom. The lowest BCUT2D eigenvalue weighted by Gasteiger charge is -2.39. The molecule has 1 aromatic carbocycles. The summed E-state index contributed by atoms with van der Waals surface area (Å²) in [4.78, 5) is 25.3. The second-order valence-electron chi connectivity index (χ2n) is 6.93. The maximum absolute atomic E-state index is 12.3. The molecule has 132 valence electrons. The topological polar surface area (TPSA) is 76.1 Å². The van der Waals surface area contributed by atoms with E-state index in [1.165, 1.54) is 4.90 Å². The lowest BCUT2D eigenvalue weighted by molar-refractivity contribution is -0.153. The Balaban J connectivity index is 2.07. The number of carbonyl (C=O) groups excluding carboxylic acids is 1. The highest BCUT2D eigenvalue weighted by Crippen LogP contribution is 2.24. The molecule has 1 fully saturated rings. The lowest BCUT2D eigenvalue weighted by atomic mass is 9.99. The van der Waals surface area contributed by atoms with Crippen LogP contribution in [0, 0.1) is 0 Å². The molecule has 0 aromatic heterocycles. The van der Waals surface area contributed by atoms with Crippen LogP contribution in [0.15, 0.2) is 30.3 Å². The zero-order valence-electron chi connectivity index (χ0n) is 14.4. The monoisotopic (exact) mass is 335 g/mol. The summed E-state index contributed by atoms with van der Waals surface area (Å²) in [6, 6.07) is 8.53. The molecule has 2 atom stereocenters. The van der Waals surface area contributed by atoms with Crippen LogP contribution >= 0.6 is 0 Å². The van der Waals surface area contributed by atoms with E-state index in [9.17, 15) is 14.7 Å². The number of carbonyl (C=O) groups is 2. The number of rotatable bonds is 4. The second-order valence-corrected chi connectivity index (χ2v) is 6.93. The summed E-state index contributed by atoms with van der Waals surface area (Å²) in [6.07, 6.45) is 0.123. The normalized spacial score (nSPS) is 21.4. The maximum atomic E-state index is 12.3. The van der Waals surface area contributed by atoms with Crippen molar-refractivity contribution in [1.82, 2.24) is 4.90 Å². The zero-order chi connectivity index (χ0) is 17.7. The molecule has 24 heavy (non-hydrogen) atoms. The lowest BCUT2D eigenvalue weighted by Crippen LogP contribution is -2.56. The van der Waals surface area contributed by atoms with Gasteiger partial charge in [-0.15, -0.1) is 0 Å². The largest absolute Gasteiger partial charge is 0.480 e. The number of benzene rings is 1. The van der Waals surface area contributed by atoms with E-state index >= 15 is 0 Å². The Bertz CT molecular complexity index is 567. The van der Waals surface area contributed by atoms with Crippen LogP contribution in [-0.2, 0) is 20.9 Å². The van der Waals surface area contributed by atoms with E-state index in [0.29, 0.717) is 26.0 Å². The quantitative estimate of drug-likeness (QED) is 0.915. The SMILES string of the molecule is CC(C)(C)OC(=O)N1CCC[C@H](OCc2ccccc2)[C@@H]1C(=O)O. The highest BCUT2D eigenvalue weighted by molar-refractivity contribution is 5.81. The molecule has 0 saturated carbocycles. The molecule has 1 aliphatic rings. The molecule has 1 amide bonds. The zero-order valence-corrected chi connectivity index (χ0v) is 14.4. The summed E-state index contributed by atoms with van der Waals surface area (Å²) >= 11 is 0. The number of hydrogen-bond donors (Lipinski definition) is 1. The number of carboxylic acid groups (broad SMARTS) is 1. The van der Waals surface area contributed by atoms with Crippen molar-refractivity contribution in [2.24, 2.45) is 0 Å². The van der Waals surface area contributed by atoms with Gasteiger partial charge in [-0.3, -0.25) is 4.90 Å². The van der Waals surface area contributed by atoms with Crippen molar-refractivity contribution in [1.29, 1.82) is 0 Å². The Hall–Kier alpha value is -2.08.